The molecule has 1 amide bonds. The molecular weight excluding hydrogens is 380 g/mol. The quantitative estimate of drug-likeness (QED) is 0.547. The van der Waals surface area contributed by atoms with Crippen LogP contribution in [0.2, 0.25) is 5.02 Å². The van der Waals surface area contributed by atoms with Crippen LogP contribution in [-0.4, -0.2) is 20.7 Å². The van der Waals surface area contributed by atoms with Crippen LogP contribution in [0.5, 0.6) is 0 Å². The van der Waals surface area contributed by atoms with Gasteiger partial charge in [0.2, 0.25) is 0 Å². The number of amides is 1. The first-order chi connectivity index (χ1) is 13.4. The largest absolute Gasteiger partial charge is 0.417 e. The summed E-state index contributed by atoms with van der Waals surface area (Å²) in [5.41, 5.74) is 4.30. The van der Waals surface area contributed by atoms with Gasteiger partial charge < -0.3 is 9.73 Å². The second kappa shape index (κ2) is 7.01. The van der Waals surface area contributed by atoms with Crippen LogP contribution >= 0.6 is 11.6 Å². The van der Waals surface area contributed by atoms with Crippen molar-refractivity contribution in [1.82, 2.24) is 14.8 Å². The van der Waals surface area contributed by atoms with Crippen molar-refractivity contribution in [3.8, 4) is 0 Å². The van der Waals surface area contributed by atoms with Crippen LogP contribution < -0.4 is 11.1 Å². The molecule has 0 atom stereocenters. The lowest BCUT2D eigenvalue weighted by Crippen LogP contribution is -2.14. The molecule has 0 saturated carbocycles. The first kappa shape index (κ1) is 18.1. The number of fused-ring (bicyclic) bond motifs is 1. The SMILES string of the molecule is Cc1nn(Cc2ccccc2Cl)c(C)c1C(=O)Nc1ccc2oc(=O)[nH]c2c1. The van der Waals surface area contributed by atoms with Gasteiger partial charge in [0.15, 0.2) is 5.58 Å². The molecule has 0 spiro atoms. The van der Waals surface area contributed by atoms with E-state index in [1.165, 1.54) is 0 Å². The highest BCUT2D eigenvalue weighted by atomic mass is 35.5. The molecule has 7 nitrogen and oxygen atoms in total. The number of nitrogens with zero attached hydrogens (tertiary/aromatic N) is 2. The van der Waals surface area contributed by atoms with Gasteiger partial charge in [-0.1, -0.05) is 29.8 Å². The van der Waals surface area contributed by atoms with Crippen LogP contribution in [0.4, 0.5) is 5.69 Å². The van der Waals surface area contributed by atoms with Crippen LogP contribution in [0.1, 0.15) is 27.3 Å². The third-order valence-corrected chi connectivity index (χ3v) is 4.93. The first-order valence-electron chi connectivity index (χ1n) is 8.64. The van der Waals surface area contributed by atoms with E-state index >= 15 is 0 Å². The average Bonchev–Trinajstić information content (AvgIpc) is 3.15. The molecule has 8 heteroatoms. The third kappa shape index (κ3) is 3.32. The molecule has 4 rings (SSSR count). The molecule has 0 aliphatic heterocycles. The number of carbonyl (C=O) groups is 1. The number of hydrogen-bond donors (Lipinski definition) is 2. The fourth-order valence-electron chi connectivity index (χ4n) is 3.19. The number of anilines is 1. The number of oxazole rings is 1. The molecule has 2 heterocycles. The van der Waals surface area contributed by atoms with E-state index in [2.05, 4.69) is 15.4 Å². The van der Waals surface area contributed by atoms with E-state index in [4.69, 9.17) is 16.0 Å². The summed E-state index contributed by atoms with van der Waals surface area (Å²) in [5.74, 6) is -0.809. The van der Waals surface area contributed by atoms with E-state index in [-0.39, 0.29) is 5.91 Å². The van der Waals surface area contributed by atoms with Gasteiger partial charge in [-0.05, 0) is 43.7 Å². The van der Waals surface area contributed by atoms with E-state index in [1.807, 2.05) is 31.2 Å². The van der Waals surface area contributed by atoms with Crippen molar-refractivity contribution in [2.45, 2.75) is 20.4 Å². The summed E-state index contributed by atoms with van der Waals surface area (Å²) in [7, 11) is 0. The van der Waals surface area contributed by atoms with Crippen molar-refractivity contribution in [3.05, 3.63) is 80.6 Å². The number of hydrogen-bond acceptors (Lipinski definition) is 4. The van der Waals surface area contributed by atoms with Gasteiger partial charge in [0.1, 0.15) is 0 Å². The monoisotopic (exact) mass is 396 g/mol. The summed E-state index contributed by atoms with van der Waals surface area (Å²) in [6.07, 6.45) is 0. The normalized spacial score (nSPS) is 11.1. The molecule has 2 N–H and O–H groups in total. The second-order valence-corrected chi connectivity index (χ2v) is 6.88. The topological polar surface area (TPSA) is 92.9 Å². The molecule has 0 fully saturated rings. The Morgan fingerprint density at radius 1 is 1.25 bits per heavy atom. The maximum absolute atomic E-state index is 12.8. The Hall–Kier alpha value is -3.32. The van der Waals surface area contributed by atoms with Crippen molar-refractivity contribution in [2.24, 2.45) is 0 Å². The van der Waals surface area contributed by atoms with Gasteiger partial charge in [0.25, 0.3) is 5.91 Å². The predicted molar refractivity (Wildman–Crippen MR) is 107 cm³/mol. The summed E-state index contributed by atoms with van der Waals surface area (Å²) in [6, 6.07) is 12.5. The number of H-pyrrole nitrogens is 1. The van der Waals surface area contributed by atoms with E-state index in [0.717, 1.165) is 11.3 Å². The number of aryl methyl sites for hydroxylation is 1. The number of rotatable bonds is 4. The fraction of sp³-hybridized carbons (Fsp3) is 0.150. The Morgan fingerprint density at radius 2 is 2.04 bits per heavy atom. The smallest absolute Gasteiger partial charge is 0.408 e. The number of aromatic nitrogens is 3. The first-order valence-corrected chi connectivity index (χ1v) is 9.02. The molecule has 0 aliphatic carbocycles. The van der Waals surface area contributed by atoms with Gasteiger partial charge in [-0.25, -0.2) is 4.79 Å². The van der Waals surface area contributed by atoms with Gasteiger partial charge in [-0.15, -0.1) is 0 Å². The molecule has 0 bridgehead atoms. The van der Waals surface area contributed by atoms with Gasteiger partial charge in [0.05, 0.1) is 23.3 Å². The molecule has 0 unspecified atom stereocenters. The van der Waals surface area contributed by atoms with Crippen molar-refractivity contribution in [2.75, 3.05) is 5.32 Å². The molecule has 0 saturated heterocycles. The summed E-state index contributed by atoms with van der Waals surface area (Å²) >= 11 is 6.24. The number of carbonyl (C=O) groups excluding carboxylic acids is 1. The Labute approximate surface area is 164 Å². The minimum atomic E-state index is -0.536. The fourth-order valence-corrected chi connectivity index (χ4v) is 3.39. The van der Waals surface area contributed by atoms with Gasteiger partial charge in [-0.2, -0.15) is 5.10 Å². The summed E-state index contributed by atoms with van der Waals surface area (Å²) in [5, 5.41) is 8.00. The van der Waals surface area contributed by atoms with E-state index in [1.54, 1.807) is 29.8 Å². The summed E-state index contributed by atoms with van der Waals surface area (Å²) in [4.78, 5) is 26.7. The van der Waals surface area contributed by atoms with Gasteiger partial charge in [-0.3, -0.25) is 14.5 Å². The zero-order chi connectivity index (χ0) is 19.8. The van der Waals surface area contributed by atoms with E-state index in [0.29, 0.717) is 39.6 Å². The predicted octanol–water partition coefficient (Wildman–Crippen LogP) is 3.89. The van der Waals surface area contributed by atoms with Crippen LogP contribution in [0.15, 0.2) is 51.7 Å². The lowest BCUT2D eigenvalue weighted by Gasteiger charge is -2.08. The van der Waals surface area contributed by atoms with Crippen molar-refractivity contribution < 1.29 is 9.21 Å². The maximum Gasteiger partial charge on any atom is 0.417 e. The Bertz CT molecular complexity index is 1250. The number of nitrogens with one attached hydrogen (secondary N) is 2. The highest BCUT2D eigenvalue weighted by molar-refractivity contribution is 6.31. The summed E-state index contributed by atoms with van der Waals surface area (Å²) < 4.78 is 6.74. The third-order valence-electron chi connectivity index (χ3n) is 4.56. The Balaban J connectivity index is 1.61. The molecule has 4 aromatic rings. The lowest BCUT2D eigenvalue weighted by atomic mass is 10.1. The summed E-state index contributed by atoms with van der Waals surface area (Å²) in [6.45, 7) is 4.12. The van der Waals surface area contributed by atoms with Crippen LogP contribution in [0.25, 0.3) is 11.1 Å². The van der Waals surface area contributed by atoms with Crippen LogP contribution in [0, 0.1) is 13.8 Å². The standard InChI is InChI=1S/C20H17ClN4O3/c1-11-18(12(2)25(24-11)10-13-5-3-4-6-15(13)21)19(26)22-14-7-8-17-16(9-14)23-20(27)28-17/h3-9H,10H2,1-2H3,(H,22,26)(H,23,27). The van der Waals surface area contributed by atoms with Crippen molar-refractivity contribution in [3.63, 3.8) is 0 Å². The van der Waals surface area contributed by atoms with Crippen LogP contribution in [0.3, 0.4) is 0 Å². The highest BCUT2D eigenvalue weighted by Gasteiger charge is 2.19. The Morgan fingerprint density at radius 3 is 2.82 bits per heavy atom. The second-order valence-electron chi connectivity index (χ2n) is 6.47. The van der Waals surface area contributed by atoms with Crippen LogP contribution in [-0.2, 0) is 6.54 Å². The molecule has 0 aliphatic rings. The zero-order valence-corrected chi connectivity index (χ0v) is 16.0. The lowest BCUT2D eigenvalue weighted by molar-refractivity contribution is 0.102. The molecule has 2 aromatic heterocycles. The minimum absolute atomic E-state index is 0.273. The number of halogens is 1. The molecule has 142 valence electrons. The minimum Gasteiger partial charge on any atom is -0.408 e. The van der Waals surface area contributed by atoms with Gasteiger partial charge >= 0.3 is 5.76 Å². The van der Waals surface area contributed by atoms with Crippen molar-refractivity contribution in [1.29, 1.82) is 0 Å². The van der Waals surface area contributed by atoms with E-state index < -0.39 is 5.76 Å². The molecule has 28 heavy (non-hydrogen) atoms. The molecular formula is C20H17ClN4O3. The highest BCUT2D eigenvalue weighted by Crippen LogP contribution is 2.21. The van der Waals surface area contributed by atoms with Crippen molar-refractivity contribution >= 4 is 34.3 Å². The number of aromatic amines is 1. The molecule has 0 radical (unpaired) electrons. The average molecular weight is 397 g/mol. The van der Waals surface area contributed by atoms with E-state index in [9.17, 15) is 9.59 Å². The zero-order valence-electron chi connectivity index (χ0n) is 15.2. The number of benzene rings is 2. The molecule has 2 aromatic carbocycles. The Kier molecular flexibility index (Phi) is 4.52. The maximum atomic E-state index is 12.8. The van der Waals surface area contributed by atoms with Gasteiger partial charge in [0, 0.05) is 16.4 Å².